The smallest absolute Gasteiger partial charge is 0.342 e. The summed E-state index contributed by atoms with van der Waals surface area (Å²) < 4.78 is 26.4. The number of carbonyl (C=O) groups excluding carboxylic acids is 3. The first-order chi connectivity index (χ1) is 13.9. The number of hydrogen-bond donors (Lipinski definition) is 1. The van der Waals surface area contributed by atoms with Gasteiger partial charge in [0.1, 0.15) is 24.0 Å². The molecule has 3 atom stereocenters. The lowest BCUT2D eigenvalue weighted by Gasteiger charge is -2.33. The fraction of sp³-hybridized carbons (Fsp3) is 0.450. The molecule has 1 fully saturated rings. The third-order valence-electron chi connectivity index (χ3n) is 4.08. The lowest BCUT2D eigenvalue weighted by molar-refractivity contribution is -0.204. The van der Waals surface area contributed by atoms with Gasteiger partial charge in [-0.3, -0.25) is 4.79 Å². The van der Waals surface area contributed by atoms with Gasteiger partial charge in [-0.15, -0.1) is 0 Å². The minimum Gasteiger partial charge on any atom is -0.467 e. The molecule has 0 amide bonds. The summed E-state index contributed by atoms with van der Waals surface area (Å²) in [6.45, 7) is 4.47. The largest absolute Gasteiger partial charge is 0.467 e. The Kier molecular flexibility index (Phi) is 8.17. The van der Waals surface area contributed by atoms with E-state index < -0.39 is 36.4 Å². The second-order valence-corrected chi connectivity index (χ2v) is 6.27. The molecule has 0 saturated carbocycles. The predicted molar refractivity (Wildman–Crippen MR) is 98.9 cm³/mol. The summed E-state index contributed by atoms with van der Waals surface area (Å²) in [4.78, 5) is 35.6. The highest BCUT2D eigenvalue weighted by atomic mass is 16.7. The van der Waals surface area contributed by atoms with Crippen LogP contribution in [0.1, 0.15) is 35.7 Å². The maximum absolute atomic E-state index is 12.3. The van der Waals surface area contributed by atoms with Crippen LogP contribution >= 0.6 is 0 Å². The highest BCUT2D eigenvalue weighted by Gasteiger charge is 2.37. The third-order valence-corrected chi connectivity index (χ3v) is 4.08. The Morgan fingerprint density at radius 1 is 1.31 bits per heavy atom. The molecule has 0 radical (unpaired) electrons. The van der Waals surface area contributed by atoms with Crippen LogP contribution in [0.25, 0.3) is 0 Å². The van der Waals surface area contributed by atoms with Crippen molar-refractivity contribution in [3.8, 4) is 5.75 Å². The van der Waals surface area contributed by atoms with Gasteiger partial charge in [0.05, 0.1) is 13.7 Å². The molecule has 1 saturated heterocycles. The quantitative estimate of drug-likeness (QED) is 0.388. The molecule has 29 heavy (non-hydrogen) atoms. The van der Waals surface area contributed by atoms with Gasteiger partial charge in [0, 0.05) is 19.8 Å². The highest BCUT2D eigenvalue weighted by Crippen LogP contribution is 2.29. The van der Waals surface area contributed by atoms with Crippen LogP contribution in [-0.4, -0.2) is 55.2 Å². The summed E-state index contributed by atoms with van der Waals surface area (Å²) in [5.74, 6) is -1.67. The van der Waals surface area contributed by atoms with E-state index in [1.54, 1.807) is 6.07 Å². The second-order valence-electron chi connectivity index (χ2n) is 6.27. The molecule has 1 aromatic carbocycles. The third kappa shape index (κ3) is 6.30. The standard InChI is InChI=1S/C20H24O9/c1-4-7-26-19(23)15-8-13(11-21)5-6-16(15)28-18-10-14(27-12(2)22)9-17(29-18)20(24)25-3/h4-6,8,14,17-18,21H,1,7,9-11H2,2-3H3. The number of esters is 3. The van der Waals surface area contributed by atoms with Crippen molar-refractivity contribution in [3.63, 3.8) is 0 Å². The van der Waals surface area contributed by atoms with Crippen LogP contribution in [0.3, 0.4) is 0 Å². The number of ether oxygens (including phenoxy) is 5. The molecule has 1 heterocycles. The van der Waals surface area contributed by atoms with Crippen molar-refractivity contribution in [1.29, 1.82) is 0 Å². The van der Waals surface area contributed by atoms with E-state index in [2.05, 4.69) is 6.58 Å². The fourth-order valence-electron chi connectivity index (χ4n) is 2.83. The van der Waals surface area contributed by atoms with E-state index in [4.69, 9.17) is 23.7 Å². The molecule has 158 valence electrons. The molecule has 0 aromatic heterocycles. The lowest BCUT2D eigenvalue weighted by Crippen LogP contribution is -2.44. The molecule has 2 rings (SSSR count). The van der Waals surface area contributed by atoms with E-state index in [1.807, 2.05) is 0 Å². The molecule has 0 bridgehead atoms. The molecule has 1 aliphatic rings. The normalized spacial score (nSPS) is 21.0. The van der Waals surface area contributed by atoms with Crippen LogP contribution in [0.15, 0.2) is 30.9 Å². The first kappa shape index (κ1) is 22.4. The van der Waals surface area contributed by atoms with Crippen molar-refractivity contribution in [3.05, 3.63) is 42.0 Å². The molecule has 1 aliphatic heterocycles. The number of methoxy groups -OCH3 is 1. The van der Waals surface area contributed by atoms with Crippen molar-refractivity contribution >= 4 is 17.9 Å². The maximum atomic E-state index is 12.3. The Balaban J connectivity index is 2.24. The van der Waals surface area contributed by atoms with Gasteiger partial charge in [-0.25, -0.2) is 9.59 Å². The minimum absolute atomic E-state index is 0.000491. The van der Waals surface area contributed by atoms with E-state index in [9.17, 15) is 19.5 Å². The average Bonchev–Trinajstić information content (AvgIpc) is 2.70. The fourth-order valence-corrected chi connectivity index (χ4v) is 2.83. The lowest BCUT2D eigenvalue weighted by atomic mass is 10.0. The Labute approximate surface area is 168 Å². The number of rotatable bonds is 8. The number of carbonyl (C=O) groups is 3. The van der Waals surface area contributed by atoms with Crippen LogP contribution < -0.4 is 4.74 Å². The van der Waals surface area contributed by atoms with E-state index in [0.29, 0.717) is 5.56 Å². The summed E-state index contributed by atoms with van der Waals surface area (Å²) in [5.41, 5.74) is 0.559. The molecule has 3 unspecified atom stereocenters. The molecule has 1 aromatic rings. The van der Waals surface area contributed by atoms with Crippen LogP contribution in [0.5, 0.6) is 5.75 Å². The van der Waals surface area contributed by atoms with Crippen molar-refractivity contribution in [1.82, 2.24) is 0 Å². The number of hydrogen-bond acceptors (Lipinski definition) is 9. The van der Waals surface area contributed by atoms with Gasteiger partial charge in [0.15, 0.2) is 6.10 Å². The molecule has 9 heteroatoms. The van der Waals surface area contributed by atoms with E-state index in [0.717, 1.165) is 0 Å². The van der Waals surface area contributed by atoms with Crippen LogP contribution in [0.2, 0.25) is 0 Å². The maximum Gasteiger partial charge on any atom is 0.342 e. The number of aliphatic hydroxyl groups is 1. The summed E-state index contributed by atoms with van der Waals surface area (Å²) >= 11 is 0. The SMILES string of the molecule is C=CCOC(=O)c1cc(CO)ccc1OC1CC(OC(C)=O)CC(C(=O)OC)O1. The first-order valence-electron chi connectivity index (χ1n) is 8.96. The molecule has 9 nitrogen and oxygen atoms in total. The van der Waals surface area contributed by atoms with E-state index in [-0.39, 0.29) is 37.4 Å². The Morgan fingerprint density at radius 2 is 2.07 bits per heavy atom. The van der Waals surface area contributed by atoms with Gasteiger partial charge >= 0.3 is 17.9 Å². The molecule has 0 aliphatic carbocycles. The van der Waals surface area contributed by atoms with Crippen LogP contribution in [-0.2, 0) is 35.1 Å². The Bertz CT molecular complexity index is 758. The minimum atomic E-state index is -0.990. The zero-order valence-electron chi connectivity index (χ0n) is 16.3. The molecule has 1 N–H and O–H groups in total. The second kappa shape index (κ2) is 10.6. The van der Waals surface area contributed by atoms with E-state index in [1.165, 1.54) is 32.2 Å². The summed E-state index contributed by atoms with van der Waals surface area (Å²) in [6.07, 6.45) is -0.898. The summed E-state index contributed by atoms with van der Waals surface area (Å²) in [6, 6.07) is 4.50. The van der Waals surface area contributed by atoms with Crippen molar-refractivity contribution < 1.29 is 43.2 Å². The van der Waals surface area contributed by atoms with Gasteiger partial charge in [-0.05, 0) is 17.7 Å². The van der Waals surface area contributed by atoms with Gasteiger partial charge in [-0.1, -0.05) is 18.7 Å². The molecular weight excluding hydrogens is 384 g/mol. The van der Waals surface area contributed by atoms with Gasteiger partial charge in [-0.2, -0.15) is 0 Å². The van der Waals surface area contributed by atoms with Crippen LogP contribution in [0, 0.1) is 0 Å². The van der Waals surface area contributed by atoms with Gasteiger partial charge in [0.2, 0.25) is 6.29 Å². The number of benzene rings is 1. The van der Waals surface area contributed by atoms with Gasteiger partial charge < -0.3 is 28.8 Å². The number of aliphatic hydroxyl groups excluding tert-OH is 1. The summed E-state index contributed by atoms with van der Waals surface area (Å²) in [5, 5.41) is 9.34. The molecular formula is C20H24O9. The topological polar surface area (TPSA) is 118 Å². The van der Waals surface area contributed by atoms with Gasteiger partial charge in [0.25, 0.3) is 0 Å². The first-order valence-corrected chi connectivity index (χ1v) is 8.96. The molecule has 0 spiro atoms. The predicted octanol–water partition coefficient (Wildman–Crippen LogP) is 1.51. The monoisotopic (exact) mass is 408 g/mol. The Morgan fingerprint density at radius 3 is 2.69 bits per heavy atom. The summed E-state index contributed by atoms with van der Waals surface area (Å²) in [7, 11) is 1.22. The Hall–Kier alpha value is -2.91. The highest BCUT2D eigenvalue weighted by molar-refractivity contribution is 5.92. The van der Waals surface area contributed by atoms with Crippen molar-refractivity contribution in [2.24, 2.45) is 0 Å². The average molecular weight is 408 g/mol. The van der Waals surface area contributed by atoms with Crippen LogP contribution in [0.4, 0.5) is 0 Å². The zero-order chi connectivity index (χ0) is 21.4. The van der Waals surface area contributed by atoms with Crippen molar-refractivity contribution in [2.75, 3.05) is 13.7 Å². The van der Waals surface area contributed by atoms with Crippen molar-refractivity contribution in [2.45, 2.75) is 44.9 Å². The zero-order valence-corrected chi connectivity index (χ0v) is 16.3. The van der Waals surface area contributed by atoms with E-state index >= 15 is 0 Å².